The fourth-order valence-corrected chi connectivity index (χ4v) is 3.54. The number of H-pyrrole nitrogens is 1. The lowest BCUT2D eigenvalue weighted by atomic mass is 10.1. The van der Waals surface area contributed by atoms with Crippen molar-refractivity contribution >= 4 is 23.5 Å². The average molecular weight is 473 g/mol. The van der Waals surface area contributed by atoms with Crippen LogP contribution in [0.2, 0.25) is 5.15 Å². The lowest BCUT2D eigenvalue weighted by molar-refractivity contribution is 0.102. The average Bonchev–Trinajstić information content (AvgIpc) is 3.14. The smallest absolute Gasteiger partial charge is 0.282 e. The molecule has 176 valence electrons. The number of carbonyl (C=O) groups excluding carboxylic acids is 1. The Labute approximate surface area is 196 Å². The van der Waals surface area contributed by atoms with E-state index < -0.39 is 11.5 Å². The number of nitrogens with zero attached hydrogens (tertiary/aromatic N) is 4. The standard InChI is InChI=1S/C22H29ClN8O2/c1-30-19(23)18(13-27-30)21(33)29-22-26-12-17(20(32)28-22)16-6-4-15(5-7-16)14-31(10-2-8-24)11-3-9-25/h4-7,12-13H,2-3,8-11,14,24-25H2,1H3,(H2,26,28,29,32,33). The van der Waals surface area contributed by atoms with Gasteiger partial charge in [-0.25, -0.2) is 0 Å². The van der Waals surface area contributed by atoms with Crippen LogP contribution in [-0.2, 0) is 13.6 Å². The summed E-state index contributed by atoms with van der Waals surface area (Å²) in [5.41, 5.74) is 13.3. The van der Waals surface area contributed by atoms with Crippen molar-refractivity contribution in [3.05, 3.63) is 63.3 Å². The van der Waals surface area contributed by atoms with Crippen molar-refractivity contribution in [3.63, 3.8) is 0 Å². The first-order chi connectivity index (χ1) is 15.9. The van der Waals surface area contributed by atoms with Crippen molar-refractivity contribution in [3.8, 4) is 11.1 Å². The number of hydrogen-bond donors (Lipinski definition) is 4. The molecule has 0 spiro atoms. The van der Waals surface area contributed by atoms with Gasteiger partial charge in [0, 0.05) is 19.8 Å². The third-order valence-electron chi connectivity index (χ3n) is 5.17. The number of hydrogen-bond acceptors (Lipinski definition) is 7. The molecular formula is C22H29ClN8O2. The summed E-state index contributed by atoms with van der Waals surface area (Å²) in [6.45, 7) is 3.93. The molecule has 11 heteroatoms. The van der Waals surface area contributed by atoms with Gasteiger partial charge < -0.3 is 16.5 Å². The molecule has 0 aliphatic carbocycles. The van der Waals surface area contributed by atoms with Gasteiger partial charge in [-0.15, -0.1) is 0 Å². The number of amides is 1. The van der Waals surface area contributed by atoms with Gasteiger partial charge in [0.1, 0.15) is 5.15 Å². The van der Waals surface area contributed by atoms with Crippen LogP contribution < -0.4 is 22.3 Å². The minimum Gasteiger partial charge on any atom is -0.331 e. The van der Waals surface area contributed by atoms with Crippen molar-refractivity contribution in [2.75, 3.05) is 31.5 Å². The predicted molar refractivity (Wildman–Crippen MR) is 129 cm³/mol. The highest BCUT2D eigenvalue weighted by molar-refractivity contribution is 6.33. The molecule has 0 aliphatic rings. The van der Waals surface area contributed by atoms with Crippen LogP contribution >= 0.6 is 11.6 Å². The van der Waals surface area contributed by atoms with Crippen molar-refractivity contribution < 1.29 is 4.79 Å². The van der Waals surface area contributed by atoms with Gasteiger partial charge in [-0.3, -0.25) is 24.5 Å². The molecule has 2 aromatic heterocycles. The van der Waals surface area contributed by atoms with E-state index in [2.05, 4.69) is 25.3 Å². The number of rotatable bonds is 11. The van der Waals surface area contributed by atoms with E-state index in [0.717, 1.165) is 43.6 Å². The molecule has 3 rings (SSSR count). The molecule has 10 nitrogen and oxygen atoms in total. The summed E-state index contributed by atoms with van der Waals surface area (Å²) < 4.78 is 1.37. The molecule has 0 fully saturated rings. The molecule has 1 aromatic carbocycles. The van der Waals surface area contributed by atoms with Crippen molar-refractivity contribution in [1.82, 2.24) is 24.6 Å². The molecule has 0 radical (unpaired) electrons. The van der Waals surface area contributed by atoms with E-state index in [0.29, 0.717) is 18.7 Å². The summed E-state index contributed by atoms with van der Waals surface area (Å²) in [5, 5.41) is 6.64. The van der Waals surface area contributed by atoms with Crippen LogP contribution in [0.1, 0.15) is 28.8 Å². The normalized spacial score (nSPS) is 11.2. The summed E-state index contributed by atoms with van der Waals surface area (Å²) in [5.74, 6) is -0.483. The maximum atomic E-state index is 12.6. The molecule has 0 aliphatic heterocycles. The number of nitrogens with one attached hydrogen (secondary N) is 2. The second-order valence-electron chi connectivity index (χ2n) is 7.65. The fourth-order valence-electron chi connectivity index (χ4n) is 3.36. The Morgan fingerprint density at radius 3 is 2.39 bits per heavy atom. The van der Waals surface area contributed by atoms with E-state index in [4.69, 9.17) is 23.1 Å². The Morgan fingerprint density at radius 2 is 1.85 bits per heavy atom. The topological polar surface area (TPSA) is 148 Å². The number of aryl methyl sites for hydroxylation is 1. The van der Waals surface area contributed by atoms with E-state index in [-0.39, 0.29) is 16.7 Å². The van der Waals surface area contributed by atoms with Crippen LogP contribution in [0.3, 0.4) is 0 Å². The highest BCUT2D eigenvalue weighted by Crippen LogP contribution is 2.18. The lowest BCUT2D eigenvalue weighted by Crippen LogP contribution is -2.28. The van der Waals surface area contributed by atoms with Crippen LogP contribution in [0.4, 0.5) is 5.95 Å². The van der Waals surface area contributed by atoms with Crippen molar-refractivity contribution in [2.45, 2.75) is 19.4 Å². The Hall–Kier alpha value is -3.05. The van der Waals surface area contributed by atoms with E-state index >= 15 is 0 Å². The zero-order valence-electron chi connectivity index (χ0n) is 18.6. The zero-order valence-corrected chi connectivity index (χ0v) is 19.3. The SMILES string of the molecule is Cn1ncc(C(=O)Nc2nc(=O)c(-c3ccc(CN(CCCN)CCCN)cc3)c[nH]2)c1Cl. The van der Waals surface area contributed by atoms with Gasteiger partial charge in [0.05, 0.1) is 17.3 Å². The van der Waals surface area contributed by atoms with Crippen LogP contribution in [0.25, 0.3) is 11.1 Å². The minimum absolute atomic E-state index is 0.0285. The third-order valence-corrected chi connectivity index (χ3v) is 5.62. The number of anilines is 1. The first-order valence-electron chi connectivity index (χ1n) is 10.7. The number of benzene rings is 1. The summed E-state index contributed by atoms with van der Waals surface area (Å²) >= 11 is 6.03. The van der Waals surface area contributed by atoms with Crippen LogP contribution in [0.5, 0.6) is 0 Å². The number of aromatic nitrogens is 4. The fraction of sp³-hybridized carbons (Fsp3) is 0.364. The molecule has 3 aromatic rings. The van der Waals surface area contributed by atoms with E-state index in [9.17, 15) is 9.59 Å². The van der Waals surface area contributed by atoms with Gasteiger partial charge >= 0.3 is 0 Å². The monoisotopic (exact) mass is 472 g/mol. The number of carbonyl (C=O) groups is 1. The number of aromatic amines is 1. The molecule has 0 saturated carbocycles. The van der Waals surface area contributed by atoms with E-state index in [1.807, 2.05) is 24.3 Å². The molecule has 0 bridgehead atoms. The maximum absolute atomic E-state index is 12.6. The summed E-state index contributed by atoms with van der Waals surface area (Å²) in [6, 6.07) is 7.76. The number of halogens is 1. The molecule has 33 heavy (non-hydrogen) atoms. The molecule has 2 heterocycles. The van der Waals surface area contributed by atoms with Crippen LogP contribution in [0, 0.1) is 0 Å². The van der Waals surface area contributed by atoms with Crippen molar-refractivity contribution in [2.24, 2.45) is 18.5 Å². The third kappa shape index (κ3) is 6.48. The highest BCUT2D eigenvalue weighted by atomic mass is 35.5. The summed E-state index contributed by atoms with van der Waals surface area (Å²) in [6.07, 6.45) is 4.73. The van der Waals surface area contributed by atoms with E-state index in [1.165, 1.54) is 17.1 Å². The molecule has 0 unspecified atom stereocenters. The summed E-state index contributed by atoms with van der Waals surface area (Å²) in [7, 11) is 1.62. The van der Waals surface area contributed by atoms with Gasteiger partial charge in [0.25, 0.3) is 11.5 Å². The van der Waals surface area contributed by atoms with Crippen molar-refractivity contribution in [1.29, 1.82) is 0 Å². The Bertz CT molecular complexity index is 1120. The summed E-state index contributed by atoms with van der Waals surface area (Å²) in [4.78, 5) is 34.0. The predicted octanol–water partition coefficient (Wildman–Crippen LogP) is 1.58. The first kappa shape index (κ1) is 24.6. The van der Waals surface area contributed by atoms with Gasteiger partial charge in [0.15, 0.2) is 0 Å². The minimum atomic E-state index is -0.512. The lowest BCUT2D eigenvalue weighted by Gasteiger charge is -2.22. The van der Waals surface area contributed by atoms with Gasteiger partial charge in [-0.1, -0.05) is 35.9 Å². The first-order valence-corrected chi connectivity index (χ1v) is 11.1. The van der Waals surface area contributed by atoms with Gasteiger partial charge in [-0.05, 0) is 50.1 Å². The van der Waals surface area contributed by atoms with E-state index in [1.54, 1.807) is 7.05 Å². The molecule has 1 amide bonds. The quantitative estimate of drug-likeness (QED) is 0.331. The molecule has 6 N–H and O–H groups in total. The Morgan fingerprint density at radius 1 is 1.18 bits per heavy atom. The second kappa shape index (κ2) is 11.7. The second-order valence-corrected chi connectivity index (χ2v) is 8.01. The van der Waals surface area contributed by atoms with Gasteiger partial charge in [-0.2, -0.15) is 10.1 Å². The van der Waals surface area contributed by atoms with Gasteiger partial charge in [0.2, 0.25) is 5.95 Å². The van der Waals surface area contributed by atoms with Crippen LogP contribution in [-0.4, -0.2) is 56.7 Å². The molecular weight excluding hydrogens is 444 g/mol. The molecule has 0 saturated heterocycles. The Balaban J connectivity index is 1.68. The largest absolute Gasteiger partial charge is 0.331 e. The molecule has 0 atom stereocenters. The number of nitrogens with two attached hydrogens (primary N) is 2. The highest BCUT2D eigenvalue weighted by Gasteiger charge is 2.16. The zero-order chi connectivity index (χ0) is 23.8. The Kier molecular flexibility index (Phi) is 8.72. The van der Waals surface area contributed by atoms with Crippen LogP contribution in [0.15, 0.2) is 41.5 Å². The maximum Gasteiger partial charge on any atom is 0.282 e.